The number of carboxylic acids is 1. The lowest BCUT2D eigenvalue weighted by atomic mass is 10.0. The Labute approximate surface area is 206 Å². The van der Waals surface area contributed by atoms with Crippen LogP contribution in [-0.2, 0) is 6.54 Å². The summed E-state index contributed by atoms with van der Waals surface area (Å²) in [5.41, 5.74) is 2.22. The fourth-order valence-electron chi connectivity index (χ4n) is 3.72. The first kappa shape index (κ1) is 23.8. The summed E-state index contributed by atoms with van der Waals surface area (Å²) in [6.07, 6.45) is 0.249. The first-order valence-electron chi connectivity index (χ1n) is 9.96. The van der Waals surface area contributed by atoms with E-state index in [0.717, 1.165) is 0 Å². The lowest BCUT2D eigenvalue weighted by Gasteiger charge is -2.23. The number of halogens is 4. The second-order valence-electron chi connectivity index (χ2n) is 7.41. The topological polar surface area (TPSA) is 97.3 Å². The van der Waals surface area contributed by atoms with Gasteiger partial charge in [-0.05, 0) is 52.2 Å². The van der Waals surface area contributed by atoms with E-state index in [2.05, 4.69) is 43.0 Å². The van der Waals surface area contributed by atoms with E-state index in [1.807, 2.05) is 0 Å². The van der Waals surface area contributed by atoms with E-state index in [1.54, 1.807) is 47.9 Å². The molecule has 1 aromatic carbocycles. The summed E-state index contributed by atoms with van der Waals surface area (Å²) in [4.78, 5) is 16.2. The zero-order chi connectivity index (χ0) is 24.6. The van der Waals surface area contributed by atoms with Crippen LogP contribution in [0.4, 0.5) is 14.5 Å². The number of allylic oxidation sites excluding steroid dienone is 1. The van der Waals surface area contributed by atoms with Crippen molar-refractivity contribution in [3.63, 3.8) is 0 Å². The summed E-state index contributed by atoms with van der Waals surface area (Å²) < 4.78 is 30.1. The van der Waals surface area contributed by atoms with E-state index >= 15 is 0 Å². The molecule has 34 heavy (non-hydrogen) atoms. The minimum absolute atomic E-state index is 0.170. The van der Waals surface area contributed by atoms with Gasteiger partial charge in [-0.3, -0.25) is 4.40 Å². The van der Waals surface area contributed by atoms with E-state index in [4.69, 9.17) is 11.6 Å². The van der Waals surface area contributed by atoms with Crippen LogP contribution in [0, 0.1) is 6.92 Å². The Morgan fingerprint density at radius 3 is 2.65 bits per heavy atom. The van der Waals surface area contributed by atoms with Crippen LogP contribution in [0.2, 0.25) is 5.02 Å². The lowest BCUT2D eigenvalue weighted by molar-refractivity contribution is 0.0689. The van der Waals surface area contributed by atoms with Gasteiger partial charge in [-0.15, -0.1) is 16.8 Å². The molecular formula is C22H18BrClF2N6O2. The van der Waals surface area contributed by atoms with E-state index < -0.39 is 24.3 Å². The van der Waals surface area contributed by atoms with Gasteiger partial charge >= 0.3 is 5.97 Å². The van der Waals surface area contributed by atoms with Gasteiger partial charge in [0.1, 0.15) is 0 Å². The standard InChI is InChI=1S/C22H18BrClF2N6O2/c1-3-8-31-17(16(21(33)34)28-22(31)23)15(12-4-6-13(24)7-5-12)27-14-9-11(2)19-29-30-20(18(25)26)32(19)10-14/h3-7,9-10,15,18,27H,1,8H2,2H3,(H,33,34). The van der Waals surface area contributed by atoms with Crippen molar-refractivity contribution in [3.05, 3.63) is 87.3 Å². The van der Waals surface area contributed by atoms with Crippen LogP contribution in [0.5, 0.6) is 0 Å². The molecule has 8 nitrogen and oxygen atoms in total. The molecule has 3 aromatic heterocycles. The second kappa shape index (κ2) is 9.51. The molecule has 4 aromatic rings. The Balaban J connectivity index is 1.92. The highest BCUT2D eigenvalue weighted by molar-refractivity contribution is 9.10. The third-order valence-electron chi connectivity index (χ3n) is 5.17. The molecule has 0 radical (unpaired) electrons. The van der Waals surface area contributed by atoms with Crippen molar-refractivity contribution in [1.82, 2.24) is 24.1 Å². The van der Waals surface area contributed by atoms with E-state index in [9.17, 15) is 18.7 Å². The number of carbonyl (C=O) groups is 1. The third kappa shape index (κ3) is 4.40. The largest absolute Gasteiger partial charge is 0.476 e. The van der Waals surface area contributed by atoms with Crippen molar-refractivity contribution in [1.29, 1.82) is 0 Å². The van der Waals surface area contributed by atoms with Crippen molar-refractivity contribution in [3.8, 4) is 0 Å². The van der Waals surface area contributed by atoms with Crippen LogP contribution < -0.4 is 5.32 Å². The number of carboxylic acid groups (broad SMARTS) is 1. The van der Waals surface area contributed by atoms with Crippen LogP contribution in [0.3, 0.4) is 0 Å². The highest BCUT2D eigenvalue weighted by Crippen LogP contribution is 2.33. The summed E-state index contributed by atoms with van der Waals surface area (Å²) in [5.74, 6) is -1.71. The minimum Gasteiger partial charge on any atom is -0.476 e. The summed E-state index contributed by atoms with van der Waals surface area (Å²) in [6, 6.07) is 7.85. The lowest BCUT2D eigenvalue weighted by Crippen LogP contribution is -2.20. The van der Waals surface area contributed by atoms with Crippen LogP contribution in [0.15, 0.2) is 53.9 Å². The van der Waals surface area contributed by atoms with Gasteiger partial charge in [-0.2, -0.15) is 0 Å². The molecule has 3 heterocycles. The number of hydrogen-bond acceptors (Lipinski definition) is 5. The van der Waals surface area contributed by atoms with Crippen molar-refractivity contribution in [2.45, 2.75) is 25.9 Å². The number of pyridine rings is 1. The van der Waals surface area contributed by atoms with Crippen LogP contribution in [-0.4, -0.2) is 35.2 Å². The smallest absolute Gasteiger partial charge is 0.356 e. The van der Waals surface area contributed by atoms with Gasteiger partial charge in [0, 0.05) is 17.8 Å². The fourth-order valence-corrected chi connectivity index (χ4v) is 4.36. The number of nitrogens with zero attached hydrogens (tertiary/aromatic N) is 5. The maximum atomic E-state index is 13.5. The SMILES string of the molecule is C=CCn1c(Br)nc(C(=O)O)c1C(Nc1cc(C)c2nnc(C(F)F)n2c1)c1ccc(Cl)cc1. The first-order valence-corrected chi connectivity index (χ1v) is 11.1. The average molecular weight is 552 g/mol. The van der Waals surface area contributed by atoms with Crippen molar-refractivity contribution in [2.24, 2.45) is 0 Å². The van der Waals surface area contributed by atoms with Gasteiger partial charge < -0.3 is 15.0 Å². The Kier molecular flexibility index (Phi) is 6.67. The Hall–Kier alpha value is -3.31. The molecule has 0 saturated carbocycles. The zero-order valence-electron chi connectivity index (χ0n) is 17.7. The Morgan fingerprint density at radius 2 is 2.03 bits per heavy atom. The predicted molar refractivity (Wildman–Crippen MR) is 127 cm³/mol. The first-order chi connectivity index (χ1) is 16.2. The maximum absolute atomic E-state index is 13.5. The van der Waals surface area contributed by atoms with Gasteiger partial charge in [-0.25, -0.2) is 18.6 Å². The molecule has 0 aliphatic carbocycles. The summed E-state index contributed by atoms with van der Waals surface area (Å²) in [7, 11) is 0. The molecule has 0 aliphatic rings. The molecule has 4 rings (SSSR count). The third-order valence-corrected chi connectivity index (χ3v) is 6.03. The Morgan fingerprint density at radius 1 is 1.32 bits per heavy atom. The molecule has 0 aliphatic heterocycles. The van der Waals surface area contributed by atoms with Crippen LogP contribution in [0.25, 0.3) is 5.65 Å². The molecular weight excluding hydrogens is 534 g/mol. The molecule has 0 fully saturated rings. The Bertz CT molecular complexity index is 1390. The number of alkyl halides is 2. The van der Waals surface area contributed by atoms with Crippen molar-refractivity contribution >= 4 is 44.8 Å². The number of aromatic nitrogens is 5. The highest BCUT2D eigenvalue weighted by atomic mass is 79.9. The normalized spacial score (nSPS) is 12.3. The molecule has 1 atom stereocenters. The van der Waals surface area contributed by atoms with Gasteiger partial charge in [0.15, 0.2) is 16.1 Å². The molecule has 0 amide bonds. The average Bonchev–Trinajstić information content (AvgIpc) is 3.35. The van der Waals surface area contributed by atoms with Gasteiger partial charge in [0.2, 0.25) is 5.82 Å². The number of aromatic carboxylic acids is 1. The molecule has 0 bridgehead atoms. The number of aryl methyl sites for hydroxylation is 1. The van der Waals surface area contributed by atoms with Crippen molar-refractivity contribution in [2.75, 3.05) is 5.32 Å². The summed E-state index contributed by atoms with van der Waals surface area (Å²) in [6.45, 7) is 5.75. The zero-order valence-corrected chi connectivity index (χ0v) is 20.1. The quantitative estimate of drug-likeness (QED) is 0.274. The van der Waals surface area contributed by atoms with Gasteiger partial charge in [0.05, 0.1) is 17.4 Å². The minimum atomic E-state index is -2.82. The molecule has 2 N–H and O–H groups in total. The molecule has 12 heteroatoms. The van der Waals surface area contributed by atoms with E-state index in [-0.39, 0.29) is 12.2 Å². The maximum Gasteiger partial charge on any atom is 0.356 e. The number of nitrogens with one attached hydrogen (secondary N) is 1. The molecule has 176 valence electrons. The van der Waals surface area contributed by atoms with Crippen molar-refractivity contribution < 1.29 is 18.7 Å². The van der Waals surface area contributed by atoms with E-state index in [1.165, 1.54) is 10.6 Å². The number of rotatable bonds is 8. The summed E-state index contributed by atoms with van der Waals surface area (Å²) in [5, 5.41) is 21.1. The van der Waals surface area contributed by atoms with Gasteiger partial charge in [-0.1, -0.05) is 29.8 Å². The number of fused-ring (bicyclic) bond motifs is 1. The fraction of sp³-hybridized carbons (Fsp3) is 0.182. The summed E-state index contributed by atoms with van der Waals surface area (Å²) >= 11 is 9.40. The van der Waals surface area contributed by atoms with Crippen LogP contribution >= 0.6 is 27.5 Å². The monoisotopic (exact) mass is 550 g/mol. The predicted octanol–water partition coefficient (Wildman–Crippen LogP) is 5.67. The van der Waals surface area contributed by atoms with Crippen LogP contribution in [0.1, 0.15) is 45.6 Å². The highest BCUT2D eigenvalue weighted by Gasteiger charge is 2.29. The number of hydrogen-bond donors (Lipinski definition) is 2. The molecule has 0 saturated heterocycles. The second-order valence-corrected chi connectivity index (χ2v) is 8.56. The number of benzene rings is 1. The van der Waals surface area contributed by atoms with E-state index in [0.29, 0.717) is 37.9 Å². The molecule has 1 unspecified atom stereocenters. The number of anilines is 1. The molecule has 0 spiro atoms. The number of imidazole rings is 1. The van der Waals surface area contributed by atoms with Gasteiger partial charge in [0.25, 0.3) is 6.43 Å².